The van der Waals surface area contributed by atoms with Gasteiger partial charge in [0.1, 0.15) is 12.4 Å². The van der Waals surface area contributed by atoms with Crippen LogP contribution in [0.15, 0.2) is 30.3 Å². The number of amides is 2. The highest BCUT2D eigenvalue weighted by atomic mass is 16.5. The molecule has 7 heteroatoms. The number of benzene rings is 1. The van der Waals surface area contributed by atoms with Crippen molar-refractivity contribution in [2.75, 3.05) is 45.9 Å². The summed E-state index contributed by atoms with van der Waals surface area (Å²) in [5.41, 5.74) is 6.58. The molecule has 2 amide bonds. The molecule has 3 fully saturated rings. The van der Waals surface area contributed by atoms with E-state index in [1.54, 1.807) is 0 Å². The number of rotatable bonds is 5. The summed E-state index contributed by atoms with van der Waals surface area (Å²) in [5.74, 6) is 1.56. The van der Waals surface area contributed by atoms with E-state index in [4.69, 9.17) is 4.74 Å². The molecule has 3 aliphatic rings. The molecule has 1 aliphatic carbocycles. The van der Waals surface area contributed by atoms with E-state index in [1.165, 1.54) is 0 Å². The zero-order chi connectivity index (χ0) is 18.5. The molecule has 2 aliphatic heterocycles. The molecule has 0 bridgehead atoms. The Balaban J connectivity index is 1.14. The van der Waals surface area contributed by atoms with Gasteiger partial charge in [-0.2, -0.15) is 0 Å². The van der Waals surface area contributed by atoms with Crippen LogP contribution in [0.3, 0.4) is 0 Å². The molecule has 3 N–H and O–H groups in total. The number of nitrogens with zero attached hydrogens (tertiary/aromatic N) is 2. The molecule has 7 nitrogen and oxygen atoms in total. The molecule has 1 saturated carbocycles. The fraction of sp³-hybridized carbons (Fsp3) is 0.650. The number of ether oxygens (including phenoxy) is 1. The molecule has 1 aromatic rings. The van der Waals surface area contributed by atoms with E-state index < -0.39 is 0 Å². The topological polar surface area (TPSA) is 68.9 Å². The third-order valence-electron chi connectivity index (χ3n) is 6.04. The van der Waals surface area contributed by atoms with Gasteiger partial charge in [-0.1, -0.05) is 18.2 Å². The van der Waals surface area contributed by atoms with E-state index in [1.807, 2.05) is 35.2 Å². The van der Waals surface area contributed by atoms with Crippen LogP contribution in [0.2, 0.25) is 0 Å². The highest BCUT2D eigenvalue weighted by Gasteiger charge is 2.35. The van der Waals surface area contributed by atoms with Crippen LogP contribution in [-0.4, -0.2) is 73.8 Å². The molecule has 4 rings (SSSR count). The van der Waals surface area contributed by atoms with Crippen molar-refractivity contribution in [1.29, 1.82) is 0 Å². The fourth-order valence-corrected chi connectivity index (χ4v) is 4.38. The molecule has 2 heterocycles. The molecule has 3 unspecified atom stereocenters. The van der Waals surface area contributed by atoms with Crippen LogP contribution in [0.5, 0.6) is 5.75 Å². The second kappa shape index (κ2) is 8.91. The molecular weight excluding hydrogens is 342 g/mol. The second-order valence-electron chi connectivity index (χ2n) is 7.84. The summed E-state index contributed by atoms with van der Waals surface area (Å²) in [6.07, 6.45) is 3.28. The van der Waals surface area contributed by atoms with Crippen molar-refractivity contribution in [3.05, 3.63) is 30.3 Å². The van der Waals surface area contributed by atoms with Crippen molar-refractivity contribution < 1.29 is 9.53 Å². The number of carbonyl (C=O) groups is 1. The SMILES string of the molecule is O=C(NC1CCC2NNCC2C1)N1CCN(CCOc2ccccc2)CC1. The molecule has 27 heavy (non-hydrogen) atoms. The van der Waals surface area contributed by atoms with Gasteiger partial charge in [0.25, 0.3) is 0 Å². The third kappa shape index (κ3) is 4.91. The Kier molecular flexibility index (Phi) is 6.11. The number of hydrogen-bond acceptors (Lipinski definition) is 5. The summed E-state index contributed by atoms with van der Waals surface area (Å²) >= 11 is 0. The van der Waals surface area contributed by atoms with Gasteiger partial charge in [-0.3, -0.25) is 15.8 Å². The second-order valence-corrected chi connectivity index (χ2v) is 7.84. The van der Waals surface area contributed by atoms with Crippen LogP contribution < -0.4 is 20.9 Å². The smallest absolute Gasteiger partial charge is 0.317 e. The number of fused-ring (bicyclic) bond motifs is 1. The molecule has 3 atom stereocenters. The molecular formula is C20H31N5O2. The first kappa shape index (κ1) is 18.5. The first-order chi connectivity index (χ1) is 13.3. The summed E-state index contributed by atoms with van der Waals surface area (Å²) in [7, 11) is 0. The average Bonchev–Trinajstić information content (AvgIpc) is 3.17. The monoisotopic (exact) mass is 373 g/mol. The van der Waals surface area contributed by atoms with Gasteiger partial charge in [-0.25, -0.2) is 4.79 Å². The van der Waals surface area contributed by atoms with E-state index in [0.29, 0.717) is 24.6 Å². The van der Waals surface area contributed by atoms with Crippen LogP contribution in [0.4, 0.5) is 4.79 Å². The van der Waals surface area contributed by atoms with Crippen LogP contribution >= 0.6 is 0 Å². The van der Waals surface area contributed by atoms with E-state index in [0.717, 1.165) is 64.3 Å². The van der Waals surface area contributed by atoms with Crippen LogP contribution in [-0.2, 0) is 0 Å². The molecule has 0 aromatic heterocycles. The molecule has 1 aromatic carbocycles. The lowest BCUT2D eigenvalue weighted by molar-refractivity contribution is 0.122. The predicted octanol–water partition coefficient (Wildman–Crippen LogP) is 1.04. The minimum atomic E-state index is 0.109. The van der Waals surface area contributed by atoms with E-state index >= 15 is 0 Å². The van der Waals surface area contributed by atoms with Gasteiger partial charge in [0.15, 0.2) is 0 Å². The van der Waals surface area contributed by atoms with E-state index in [9.17, 15) is 4.79 Å². The van der Waals surface area contributed by atoms with Gasteiger partial charge in [-0.05, 0) is 37.3 Å². The van der Waals surface area contributed by atoms with Gasteiger partial charge in [0.05, 0.1) is 0 Å². The van der Waals surface area contributed by atoms with Gasteiger partial charge in [0.2, 0.25) is 0 Å². The zero-order valence-electron chi connectivity index (χ0n) is 15.9. The largest absolute Gasteiger partial charge is 0.492 e. The Morgan fingerprint density at radius 2 is 1.96 bits per heavy atom. The van der Waals surface area contributed by atoms with Crippen molar-refractivity contribution in [3.63, 3.8) is 0 Å². The lowest BCUT2D eigenvalue weighted by Crippen LogP contribution is -2.55. The van der Waals surface area contributed by atoms with Crippen molar-refractivity contribution in [1.82, 2.24) is 26.0 Å². The number of hydrogen-bond donors (Lipinski definition) is 3. The Bertz CT molecular complexity index is 606. The highest BCUT2D eigenvalue weighted by Crippen LogP contribution is 2.26. The predicted molar refractivity (Wildman–Crippen MR) is 105 cm³/mol. The lowest BCUT2D eigenvalue weighted by atomic mass is 9.83. The Hall–Kier alpha value is -1.83. The summed E-state index contributed by atoms with van der Waals surface area (Å²) in [6, 6.07) is 10.9. The van der Waals surface area contributed by atoms with Gasteiger partial charge < -0.3 is 15.0 Å². The first-order valence-corrected chi connectivity index (χ1v) is 10.2. The van der Waals surface area contributed by atoms with Crippen LogP contribution in [0.1, 0.15) is 19.3 Å². The molecule has 148 valence electrons. The molecule has 2 saturated heterocycles. The third-order valence-corrected chi connectivity index (χ3v) is 6.04. The van der Waals surface area contributed by atoms with Gasteiger partial charge in [-0.15, -0.1) is 0 Å². The Morgan fingerprint density at radius 3 is 2.78 bits per heavy atom. The van der Waals surface area contributed by atoms with Gasteiger partial charge >= 0.3 is 6.03 Å². The standard InChI is InChI=1S/C20H31N5O2/c26-20(22-17-6-7-19-16(14-17)15-21-23-19)25-10-8-24(9-11-25)12-13-27-18-4-2-1-3-5-18/h1-5,16-17,19,21,23H,6-15H2,(H,22,26). The number of piperazine rings is 1. The van der Waals surface area contributed by atoms with E-state index in [-0.39, 0.29) is 6.03 Å². The minimum absolute atomic E-state index is 0.109. The summed E-state index contributed by atoms with van der Waals surface area (Å²) in [5, 5.41) is 3.27. The Labute approximate surface area is 161 Å². The number of hydrazine groups is 1. The summed E-state index contributed by atoms with van der Waals surface area (Å²) in [6.45, 7) is 6.00. The number of para-hydroxylation sites is 1. The maximum Gasteiger partial charge on any atom is 0.317 e. The highest BCUT2D eigenvalue weighted by molar-refractivity contribution is 5.74. The van der Waals surface area contributed by atoms with Crippen LogP contribution in [0, 0.1) is 5.92 Å². The quantitative estimate of drug-likeness (QED) is 0.720. The van der Waals surface area contributed by atoms with Crippen molar-refractivity contribution in [2.45, 2.75) is 31.3 Å². The van der Waals surface area contributed by atoms with E-state index in [2.05, 4.69) is 21.1 Å². The van der Waals surface area contributed by atoms with Crippen molar-refractivity contribution in [3.8, 4) is 5.75 Å². The van der Waals surface area contributed by atoms with Crippen LogP contribution in [0.25, 0.3) is 0 Å². The maximum atomic E-state index is 12.6. The maximum absolute atomic E-state index is 12.6. The molecule has 0 spiro atoms. The summed E-state index contributed by atoms with van der Waals surface area (Å²) < 4.78 is 5.77. The van der Waals surface area contributed by atoms with Gasteiger partial charge in [0, 0.05) is 51.4 Å². The first-order valence-electron chi connectivity index (χ1n) is 10.2. The summed E-state index contributed by atoms with van der Waals surface area (Å²) in [4.78, 5) is 16.9. The van der Waals surface area contributed by atoms with Crippen molar-refractivity contribution >= 4 is 6.03 Å². The fourth-order valence-electron chi connectivity index (χ4n) is 4.38. The number of nitrogens with one attached hydrogen (secondary N) is 3. The zero-order valence-corrected chi connectivity index (χ0v) is 15.9. The lowest BCUT2D eigenvalue weighted by Gasteiger charge is -2.37. The number of urea groups is 1. The normalized spacial score (nSPS) is 28.6. The average molecular weight is 374 g/mol. The minimum Gasteiger partial charge on any atom is -0.492 e. The van der Waals surface area contributed by atoms with Crippen molar-refractivity contribution in [2.24, 2.45) is 5.92 Å². The molecule has 0 radical (unpaired) electrons. The number of carbonyl (C=O) groups excluding carboxylic acids is 1. The Morgan fingerprint density at radius 1 is 1.15 bits per heavy atom.